The molecule has 1 aliphatic carbocycles. The Balaban J connectivity index is 2.46. The minimum absolute atomic E-state index is 0.0938. The Labute approximate surface area is 101 Å². The lowest BCUT2D eigenvalue weighted by atomic mass is 9.90. The second-order valence-corrected chi connectivity index (χ2v) is 4.62. The molecule has 0 aromatic carbocycles. The van der Waals surface area contributed by atoms with Crippen LogP contribution in [0.3, 0.4) is 0 Å². The summed E-state index contributed by atoms with van der Waals surface area (Å²) in [6, 6.07) is -1.17. The van der Waals surface area contributed by atoms with Crippen molar-refractivity contribution < 1.29 is 19.8 Å². The number of carboxylic acids is 1. The van der Waals surface area contributed by atoms with Gasteiger partial charge < -0.3 is 15.5 Å². The van der Waals surface area contributed by atoms with Gasteiger partial charge in [-0.2, -0.15) is 0 Å². The molecule has 0 aliphatic heterocycles. The summed E-state index contributed by atoms with van der Waals surface area (Å²) in [5.74, 6) is -1.51. The third-order valence-corrected chi connectivity index (χ3v) is 3.27. The molecule has 0 aromatic rings. The molecule has 5 heteroatoms. The molecular weight excluding hydrogens is 222 g/mol. The largest absolute Gasteiger partial charge is 0.480 e. The molecule has 17 heavy (non-hydrogen) atoms. The van der Waals surface area contributed by atoms with Crippen LogP contribution < -0.4 is 5.32 Å². The number of aliphatic hydroxyl groups excluding tert-OH is 1. The van der Waals surface area contributed by atoms with Crippen molar-refractivity contribution in [2.45, 2.75) is 51.0 Å². The summed E-state index contributed by atoms with van der Waals surface area (Å²) in [6.07, 6.45) is 7.21. The molecule has 98 valence electrons. The van der Waals surface area contributed by atoms with E-state index < -0.39 is 18.6 Å². The number of carbonyl (C=O) groups is 2. The highest BCUT2D eigenvalue weighted by atomic mass is 16.4. The van der Waals surface area contributed by atoms with Crippen LogP contribution in [0.15, 0.2) is 0 Å². The molecule has 0 spiro atoms. The molecule has 1 rings (SSSR count). The van der Waals surface area contributed by atoms with Crippen molar-refractivity contribution in [1.82, 2.24) is 5.32 Å². The Morgan fingerprint density at radius 2 is 1.65 bits per heavy atom. The molecule has 0 radical (unpaired) electrons. The van der Waals surface area contributed by atoms with Crippen molar-refractivity contribution in [1.29, 1.82) is 0 Å². The van der Waals surface area contributed by atoms with E-state index in [0.29, 0.717) is 0 Å². The second kappa shape index (κ2) is 7.27. The maximum absolute atomic E-state index is 11.9. The van der Waals surface area contributed by atoms with Gasteiger partial charge >= 0.3 is 5.97 Å². The van der Waals surface area contributed by atoms with Crippen LogP contribution >= 0.6 is 0 Å². The zero-order chi connectivity index (χ0) is 12.7. The van der Waals surface area contributed by atoms with E-state index in [-0.39, 0.29) is 11.8 Å². The van der Waals surface area contributed by atoms with E-state index in [9.17, 15) is 9.59 Å². The molecule has 0 saturated heterocycles. The summed E-state index contributed by atoms with van der Waals surface area (Å²) in [4.78, 5) is 22.5. The molecule has 5 nitrogen and oxygen atoms in total. The summed E-state index contributed by atoms with van der Waals surface area (Å²) in [5.41, 5.74) is 0. The summed E-state index contributed by atoms with van der Waals surface area (Å²) in [7, 11) is 0. The van der Waals surface area contributed by atoms with Crippen molar-refractivity contribution in [2.24, 2.45) is 5.92 Å². The van der Waals surface area contributed by atoms with Crippen molar-refractivity contribution in [3.05, 3.63) is 0 Å². The number of hydrogen-bond donors (Lipinski definition) is 3. The van der Waals surface area contributed by atoms with Gasteiger partial charge in [0, 0.05) is 5.92 Å². The molecule has 0 heterocycles. The van der Waals surface area contributed by atoms with Gasteiger partial charge in [-0.05, 0) is 12.8 Å². The molecule has 3 N–H and O–H groups in total. The molecule has 1 saturated carbocycles. The highest BCUT2D eigenvalue weighted by Crippen LogP contribution is 2.22. The SMILES string of the molecule is O=C(NC(CO)C(=O)O)C1CCCCCCC1. The minimum Gasteiger partial charge on any atom is -0.480 e. The number of rotatable bonds is 4. The highest BCUT2D eigenvalue weighted by Gasteiger charge is 2.24. The summed E-state index contributed by atoms with van der Waals surface area (Å²) < 4.78 is 0. The van der Waals surface area contributed by atoms with Crippen LogP contribution in [-0.2, 0) is 9.59 Å². The van der Waals surface area contributed by atoms with Crippen LogP contribution in [0.1, 0.15) is 44.9 Å². The van der Waals surface area contributed by atoms with E-state index in [1.165, 1.54) is 6.42 Å². The number of hydrogen-bond acceptors (Lipinski definition) is 3. The van der Waals surface area contributed by atoms with Gasteiger partial charge in [0.15, 0.2) is 0 Å². The van der Waals surface area contributed by atoms with Crippen LogP contribution in [0.25, 0.3) is 0 Å². The van der Waals surface area contributed by atoms with Crippen LogP contribution in [0.5, 0.6) is 0 Å². The fourth-order valence-corrected chi connectivity index (χ4v) is 2.19. The zero-order valence-electron chi connectivity index (χ0n) is 10.0. The summed E-state index contributed by atoms with van der Waals surface area (Å²) >= 11 is 0. The van der Waals surface area contributed by atoms with Gasteiger partial charge in [0.2, 0.25) is 5.91 Å². The quantitative estimate of drug-likeness (QED) is 0.685. The lowest BCUT2D eigenvalue weighted by Gasteiger charge is -2.21. The number of aliphatic hydroxyl groups is 1. The average molecular weight is 243 g/mol. The van der Waals surface area contributed by atoms with Gasteiger partial charge in [0.05, 0.1) is 6.61 Å². The van der Waals surface area contributed by atoms with Crippen LogP contribution in [0.4, 0.5) is 0 Å². The van der Waals surface area contributed by atoms with E-state index in [4.69, 9.17) is 10.2 Å². The molecule has 1 atom stereocenters. The molecule has 1 aliphatic rings. The van der Waals surface area contributed by atoms with Crippen LogP contribution in [0, 0.1) is 5.92 Å². The van der Waals surface area contributed by atoms with Gasteiger partial charge in [-0.1, -0.05) is 32.1 Å². The fourth-order valence-electron chi connectivity index (χ4n) is 2.19. The van der Waals surface area contributed by atoms with E-state index in [1.807, 2.05) is 0 Å². The second-order valence-electron chi connectivity index (χ2n) is 4.62. The maximum atomic E-state index is 11.9. The fraction of sp³-hybridized carbons (Fsp3) is 0.833. The van der Waals surface area contributed by atoms with Crippen LogP contribution in [-0.4, -0.2) is 34.7 Å². The molecule has 0 bridgehead atoms. The number of carboxylic acid groups (broad SMARTS) is 1. The average Bonchev–Trinajstić information content (AvgIpc) is 2.24. The smallest absolute Gasteiger partial charge is 0.328 e. The third kappa shape index (κ3) is 4.73. The van der Waals surface area contributed by atoms with Crippen molar-refractivity contribution in [3.63, 3.8) is 0 Å². The van der Waals surface area contributed by atoms with E-state index in [0.717, 1.165) is 38.5 Å². The predicted octanol–water partition coefficient (Wildman–Crippen LogP) is 0.909. The normalized spacial score (nSPS) is 20.1. The first-order valence-corrected chi connectivity index (χ1v) is 6.29. The highest BCUT2D eigenvalue weighted by molar-refractivity contribution is 5.85. The topological polar surface area (TPSA) is 86.6 Å². The first kappa shape index (κ1) is 14.0. The lowest BCUT2D eigenvalue weighted by Crippen LogP contribution is -2.45. The van der Waals surface area contributed by atoms with Gasteiger partial charge in [0.1, 0.15) is 6.04 Å². The Kier molecular flexibility index (Phi) is 5.97. The van der Waals surface area contributed by atoms with E-state index >= 15 is 0 Å². The van der Waals surface area contributed by atoms with Gasteiger partial charge in [-0.15, -0.1) is 0 Å². The molecule has 1 unspecified atom stereocenters. The lowest BCUT2D eigenvalue weighted by molar-refractivity contribution is -0.143. The zero-order valence-corrected chi connectivity index (χ0v) is 10.0. The molecular formula is C12H21NO4. The van der Waals surface area contributed by atoms with E-state index in [1.54, 1.807) is 0 Å². The van der Waals surface area contributed by atoms with Crippen molar-refractivity contribution in [3.8, 4) is 0 Å². The van der Waals surface area contributed by atoms with E-state index in [2.05, 4.69) is 5.32 Å². The van der Waals surface area contributed by atoms with Crippen molar-refractivity contribution in [2.75, 3.05) is 6.61 Å². The standard InChI is InChI=1S/C12H21NO4/c14-8-10(12(16)17)13-11(15)9-6-4-2-1-3-5-7-9/h9-10,14H,1-8H2,(H,13,15)(H,16,17). The predicted molar refractivity (Wildman–Crippen MR) is 62.5 cm³/mol. The molecule has 1 amide bonds. The first-order valence-electron chi connectivity index (χ1n) is 6.29. The first-order chi connectivity index (χ1) is 8.15. The summed E-state index contributed by atoms with van der Waals surface area (Å²) in [5, 5.41) is 20.0. The Morgan fingerprint density at radius 3 is 2.12 bits per heavy atom. The van der Waals surface area contributed by atoms with Crippen molar-refractivity contribution >= 4 is 11.9 Å². The van der Waals surface area contributed by atoms with Gasteiger partial charge in [-0.3, -0.25) is 4.79 Å². The monoisotopic (exact) mass is 243 g/mol. The van der Waals surface area contributed by atoms with Gasteiger partial charge in [0.25, 0.3) is 0 Å². The van der Waals surface area contributed by atoms with Crippen LogP contribution in [0.2, 0.25) is 0 Å². The Bertz CT molecular complexity index is 259. The maximum Gasteiger partial charge on any atom is 0.328 e. The summed E-state index contributed by atoms with van der Waals surface area (Å²) in [6.45, 7) is -0.562. The Hall–Kier alpha value is -1.10. The molecule has 0 aromatic heterocycles. The third-order valence-electron chi connectivity index (χ3n) is 3.27. The Morgan fingerprint density at radius 1 is 1.12 bits per heavy atom. The number of amides is 1. The number of nitrogens with one attached hydrogen (secondary N) is 1. The minimum atomic E-state index is -1.19. The number of aliphatic carboxylic acids is 1. The molecule has 1 fully saturated rings. The van der Waals surface area contributed by atoms with Gasteiger partial charge in [-0.25, -0.2) is 4.79 Å². The number of carbonyl (C=O) groups excluding carboxylic acids is 1.